The fraction of sp³-hybridized carbons (Fsp3) is 0.500. The summed E-state index contributed by atoms with van der Waals surface area (Å²) in [5, 5.41) is 12.6. The number of thiophene rings is 1. The molecule has 2 rings (SSSR count). The van der Waals surface area contributed by atoms with Crippen molar-refractivity contribution in [3.05, 3.63) is 22.4 Å². The van der Waals surface area contributed by atoms with Gasteiger partial charge in [-0.15, -0.1) is 11.3 Å². The van der Waals surface area contributed by atoms with Gasteiger partial charge in [0.2, 0.25) is 0 Å². The van der Waals surface area contributed by atoms with Crippen LogP contribution in [-0.2, 0) is 6.54 Å². The average molecular weight is 286 g/mol. The third-order valence-electron chi connectivity index (χ3n) is 2.66. The minimum absolute atomic E-state index is 0.281. The molecule has 0 aromatic carbocycles. The van der Waals surface area contributed by atoms with E-state index in [0.717, 1.165) is 29.0 Å². The summed E-state index contributed by atoms with van der Waals surface area (Å²) in [4.78, 5) is 11.8. The van der Waals surface area contributed by atoms with Crippen LogP contribution in [0.5, 0.6) is 0 Å². The minimum Gasteiger partial charge on any atom is -0.393 e. The summed E-state index contributed by atoms with van der Waals surface area (Å²) in [6, 6.07) is 1.93. The number of aliphatic hydroxyl groups is 1. The summed E-state index contributed by atoms with van der Waals surface area (Å²) in [5.74, 6) is 0.725. The van der Waals surface area contributed by atoms with Gasteiger partial charge >= 0.3 is 0 Å². The van der Waals surface area contributed by atoms with Crippen LogP contribution < -0.4 is 0 Å². The molecule has 6 heteroatoms. The zero-order valence-corrected chi connectivity index (χ0v) is 12.0. The molecule has 0 aliphatic heterocycles. The fourth-order valence-corrected chi connectivity index (χ4v) is 2.75. The number of aliphatic hydroxyl groups excluding tert-OH is 1. The maximum absolute atomic E-state index is 9.25. The number of aromatic nitrogens is 2. The van der Waals surface area contributed by atoms with Crippen LogP contribution in [0.4, 0.5) is 0 Å². The standard InChI is InChI=1S/C12H16ClN3OS/c1-8(17)3-5-16(2)7-10-14-11(13)9-4-6-18-12(9)15-10/h4,6,8,17H,3,5,7H2,1-2H3. The molecule has 0 saturated carbocycles. The van der Waals surface area contributed by atoms with Crippen molar-refractivity contribution in [2.24, 2.45) is 0 Å². The van der Waals surface area contributed by atoms with Crippen molar-refractivity contribution in [2.75, 3.05) is 13.6 Å². The quantitative estimate of drug-likeness (QED) is 0.858. The number of hydrogen-bond donors (Lipinski definition) is 1. The lowest BCUT2D eigenvalue weighted by Gasteiger charge is -2.16. The first-order valence-corrected chi connectivity index (χ1v) is 7.08. The molecule has 18 heavy (non-hydrogen) atoms. The van der Waals surface area contributed by atoms with Crippen molar-refractivity contribution >= 4 is 33.2 Å². The van der Waals surface area contributed by atoms with Crippen LogP contribution in [0.3, 0.4) is 0 Å². The van der Waals surface area contributed by atoms with Crippen molar-refractivity contribution < 1.29 is 5.11 Å². The summed E-state index contributed by atoms with van der Waals surface area (Å²) in [6.45, 7) is 3.24. The molecule has 1 atom stereocenters. The zero-order valence-electron chi connectivity index (χ0n) is 10.4. The van der Waals surface area contributed by atoms with E-state index in [0.29, 0.717) is 11.7 Å². The Labute approximate surface area is 115 Å². The van der Waals surface area contributed by atoms with Crippen LogP contribution in [0.2, 0.25) is 5.15 Å². The summed E-state index contributed by atoms with van der Waals surface area (Å²) in [5.41, 5.74) is 0. The van der Waals surface area contributed by atoms with E-state index in [-0.39, 0.29) is 6.10 Å². The zero-order chi connectivity index (χ0) is 13.1. The Kier molecular flexibility index (Phi) is 4.50. The molecule has 98 valence electrons. The molecule has 0 amide bonds. The first-order valence-electron chi connectivity index (χ1n) is 5.82. The van der Waals surface area contributed by atoms with E-state index >= 15 is 0 Å². The molecule has 2 aromatic heterocycles. The number of fused-ring (bicyclic) bond motifs is 1. The van der Waals surface area contributed by atoms with E-state index in [2.05, 4.69) is 14.9 Å². The van der Waals surface area contributed by atoms with Crippen molar-refractivity contribution in [1.29, 1.82) is 0 Å². The Morgan fingerprint density at radius 2 is 2.28 bits per heavy atom. The maximum Gasteiger partial charge on any atom is 0.145 e. The van der Waals surface area contributed by atoms with E-state index in [9.17, 15) is 5.11 Å². The maximum atomic E-state index is 9.25. The molecular weight excluding hydrogens is 270 g/mol. The summed E-state index contributed by atoms with van der Waals surface area (Å²) in [7, 11) is 1.98. The molecule has 0 aliphatic rings. The predicted octanol–water partition coefficient (Wildman–Crippen LogP) is 2.55. The van der Waals surface area contributed by atoms with Crippen LogP contribution in [0.15, 0.2) is 11.4 Å². The fourth-order valence-electron chi connectivity index (χ4n) is 1.66. The molecule has 4 nitrogen and oxygen atoms in total. The first-order chi connectivity index (χ1) is 8.56. The molecule has 0 saturated heterocycles. The molecule has 0 aliphatic carbocycles. The highest BCUT2D eigenvalue weighted by atomic mass is 35.5. The topological polar surface area (TPSA) is 49.2 Å². The van der Waals surface area contributed by atoms with Crippen LogP contribution in [0, 0.1) is 0 Å². The van der Waals surface area contributed by atoms with Crippen LogP contribution in [0.1, 0.15) is 19.2 Å². The van der Waals surface area contributed by atoms with Crippen molar-refractivity contribution in [1.82, 2.24) is 14.9 Å². The van der Waals surface area contributed by atoms with E-state index in [1.54, 1.807) is 18.3 Å². The van der Waals surface area contributed by atoms with Gasteiger partial charge in [0, 0.05) is 11.9 Å². The number of hydrogen-bond acceptors (Lipinski definition) is 5. The summed E-state index contributed by atoms with van der Waals surface area (Å²) < 4.78 is 0. The molecule has 2 aromatic rings. The van der Waals surface area contributed by atoms with Crippen molar-refractivity contribution in [2.45, 2.75) is 26.0 Å². The smallest absolute Gasteiger partial charge is 0.145 e. The van der Waals surface area contributed by atoms with Gasteiger partial charge in [-0.05, 0) is 31.8 Å². The molecule has 0 radical (unpaired) electrons. The first kappa shape index (κ1) is 13.7. The Bertz CT molecular complexity index is 529. The Morgan fingerprint density at radius 3 is 3.00 bits per heavy atom. The lowest BCUT2D eigenvalue weighted by Crippen LogP contribution is -2.23. The third kappa shape index (κ3) is 3.38. The Hall–Kier alpha value is -0.750. The monoisotopic (exact) mass is 285 g/mol. The Balaban J connectivity index is 2.07. The van der Waals surface area contributed by atoms with Gasteiger partial charge < -0.3 is 5.11 Å². The van der Waals surface area contributed by atoms with Crippen LogP contribution >= 0.6 is 22.9 Å². The second-order valence-corrected chi connectivity index (χ2v) is 5.70. The molecule has 0 spiro atoms. The average Bonchev–Trinajstić information content (AvgIpc) is 2.75. The summed E-state index contributed by atoms with van der Waals surface area (Å²) in [6.07, 6.45) is 0.461. The predicted molar refractivity (Wildman–Crippen MR) is 75.1 cm³/mol. The van der Waals surface area contributed by atoms with Gasteiger partial charge in [0.25, 0.3) is 0 Å². The van der Waals surface area contributed by atoms with Gasteiger partial charge in [0.1, 0.15) is 15.8 Å². The summed E-state index contributed by atoms with van der Waals surface area (Å²) >= 11 is 7.68. The molecule has 1 unspecified atom stereocenters. The highest BCUT2D eigenvalue weighted by molar-refractivity contribution is 7.16. The third-order valence-corrected chi connectivity index (χ3v) is 3.76. The van der Waals surface area contributed by atoms with E-state index < -0.39 is 0 Å². The van der Waals surface area contributed by atoms with E-state index in [1.807, 2.05) is 18.5 Å². The van der Waals surface area contributed by atoms with Gasteiger partial charge in [0.15, 0.2) is 0 Å². The van der Waals surface area contributed by atoms with E-state index in [1.165, 1.54) is 0 Å². The number of rotatable bonds is 5. The SMILES string of the molecule is CC(O)CCN(C)Cc1nc(Cl)c2ccsc2n1. The van der Waals surface area contributed by atoms with Gasteiger partial charge in [-0.3, -0.25) is 4.90 Å². The van der Waals surface area contributed by atoms with Crippen LogP contribution in [-0.4, -0.2) is 39.7 Å². The number of nitrogens with zero attached hydrogens (tertiary/aromatic N) is 3. The second kappa shape index (κ2) is 5.93. The molecule has 0 fully saturated rings. The lowest BCUT2D eigenvalue weighted by atomic mass is 10.3. The second-order valence-electron chi connectivity index (χ2n) is 4.45. The minimum atomic E-state index is -0.281. The molecule has 0 bridgehead atoms. The molecular formula is C12H16ClN3OS. The van der Waals surface area contributed by atoms with E-state index in [4.69, 9.17) is 11.6 Å². The van der Waals surface area contributed by atoms with Gasteiger partial charge in [-0.25, -0.2) is 9.97 Å². The van der Waals surface area contributed by atoms with Gasteiger partial charge in [-0.2, -0.15) is 0 Å². The highest BCUT2D eigenvalue weighted by Crippen LogP contribution is 2.24. The number of halogens is 1. The highest BCUT2D eigenvalue weighted by Gasteiger charge is 2.09. The largest absolute Gasteiger partial charge is 0.393 e. The van der Waals surface area contributed by atoms with Crippen molar-refractivity contribution in [3.63, 3.8) is 0 Å². The lowest BCUT2D eigenvalue weighted by molar-refractivity contribution is 0.162. The molecule has 1 N–H and O–H groups in total. The Morgan fingerprint density at radius 1 is 1.50 bits per heavy atom. The van der Waals surface area contributed by atoms with Gasteiger partial charge in [0.05, 0.1) is 12.6 Å². The molecule has 2 heterocycles. The normalized spacial score (nSPS) is 13.4. The van der Waals surface area contributed by atoms with Gasteiger partial charge in [-0.1, -0.05) is 11.6 Å². The van der Waals surface area contributed by atoms with Crippen molar-refractivity contribution in [3.8, 4) is 0 Å². The van der Waals surface area contributed by atoms with Crippen LogP contribution in [0.25, 0.3) is 10.2 Å².